The molecule has 1 aliphatic heterocycles. The molecule has 1 heterocycles. The molecular formula is C10H21N5. The first-order valence-electron chi connectivity index (χ1n) is 5.56. The van der Waals surface area contributed by atoms with E-state index in [0.29, 0.717) is 0 Å². The summed E-state index contributed by atoms with van der Waals surface area (Å²) in [5, 5.41) is 7.66. The van der Waals surface area contributed by atoms with E-state index >= 15 is 0 Å². The van der Waals surface area contributed by atoms with Gasteiger partial charge < -0.3 is 16.4 Å². The topological polar surface area (TPSA) is 91.5 Å². The van der Waals surface area contributed by atoms with E-state index in [4.69, 9.17) is 16.9 Å². The second kappa shape index (κ2) is 5.58. The fourth-order valence-electron chi connectivity index (χ4n) is 2.03. The molecule has 0 unspecified atom stereocenters. The van der Waals surface area contributed by atoms with Crippen LogP contribution in [0.5, 0.6) is 0 Å². The molecule has 0 radical (unpaired) electrons. The molecule has 5 nitrogen and oxygen atoms in total. The number of hydrogen-bond acceptors (Lipinski definition) is 1. The third kappa shape index (κ3) is 3.77. The van der Waals surface area contributed by atoms with Crippen LogP contribution in [0.25, 0.3) is 0 Å². The predicted molar refractivity (Wildman–Crippen MR) is 62.7 cm³/mol. The van der Waals surface area contributed by atoms with Gasteiger partial charge in [-0.15, -0.1) is 0 Å². The van der Waals surface area contributed by atoms with Gasteiger partial charge in [-0.1, -0.05) is 19.8 Å². The molecule has 15 heavy (non-hydrogen) atoms. The lowest BCUT2D eigenvalue weighted by Gasteiger charge is -2.31. The molecular weight excluding hydrogens is 190 g/mol. The Bertz CT molecular complexity index is 236. The van der Waals surface area contributed by atoms with E-state index < -0.39 is 0 Å². The van der Waals surface area contributed by atoms with Crippen molar-refractivity contribution in [2.45, 2.75) is 32.6 Å². The van der Waals surface area contributed by atoms with Crippen LogP contribution in [0.4, 0.5) is 0 Å². The van der Waals surface area contributed by atoms with E-state index in [2.05, 4.69) is 11.9 Å². The van der Waals surface area contributed by atoms with Crippen molar-refractivity contribution in [1.29, 1.82) is 5.41 Å². The average molecular weight is 211 g/mol. The standard InChI is InChI=1S/C10H21N5/c1-2-3-8-4-6-15(7-5-8)10(13)14-9(11)12/h8H,2-7H2,1H3,(H5,11,12,13,14). The lowest BCUT2D eigenvalue weighted by atomic mass is 9.93. The summed E-state index contributed by atoms with van der Waals surface area (Å²) in [7, 11) is 0. The zero-order valence-electron chi connectivity index (χ0n) is 9.37. The van der Waals surface area contributed by atoms with Gasteiger partial charge in [0.2, 0.25) is 5.96 Å². The first kappa shape index (κ1) is 11.8. The molecule has 5 heteroatoms. The van der Waals surface area contributed by atoms with Crippen molar-refractivity contribution < 1.29 is 0 Å². The Labute approximate surface area is 91.0 Å². The summed E-state index contributed by atoms with van der Waals surface area (Å²) in [6.45, 7) is 4.02. The van der Waals surface area contributed by atoms with Crippen LogP contribution in [0, 0.1) is 11.3 Å². The highest BCUT2D eigenvalue weighted by atomic mass is 15.3. The molecule has 5 N–H and O–H groups in total. The van der Waals surface area contributed by atoms with Crippen LogP contribution in [-0.2, 0) is 0 Å². The third-order valence-corrected chi connectivity index (χ3v) is 2.85. The summed E-state index contributed by atoms with van der Waals surface area (Å²) in [4.78, 5) is 5.69. The quantitative estimate of drug-likeness (QED) is 0.464. The van der Waals surface area contributed by atoms with Crippen molar-refractivity contribution in [3.05, 3.63) is 0 Å². The molecule has 0 aromatic rings. The van der Waals surface area contributed by atoms with Crippen LogP contribution < -0.4 is 11.5 Å². The summed E-state index contributed by atoms with van der Waals surface area (Å²) in [5.74, 6) is 0.985. The number of aliphatic imine (C=N–C) groups is 1. The number of nitrogens with one attached hydrogen (secondary N) is 1. The highest BCUT2D eigenvalue weighted by Gasteiger charge is 2.19. The lowest BCUT2D eigenvalue weighted by Crippen LogP contribution is -2.39. The molecule has 0 aliphatic carbocycles. The molecule has 1 aliphatic rings. The van der Waals surface area contributed by atoms with Gasteiger partial charge in [0.15, 0.2) is 5.96 Å². The van der Waals surface area contributed by atoms with Crippen LogP contribution in [0.3, 0.4) is 0 Å². The molecule has 0 spiro atoms. The van der Waals surface area contributed by atoms with Crippen molar-refractivity contribution >= 4 is 11.9 Å². The molecule has 1 rings (SSSR count). The van der Waals surface area contributed by atoms with Gasteiger partial charge in [-0.3, -0.25) is 5.41 Å². The number of rotatable bonds is 2. The average Bonchev–Trinajstić information content (AvgIpc) is 2.18. The van der Waals surface area contributed by atoms with Gasteiger partial charge in [0.25, 0.3) is 0 Å². The molecule has 0 aromatic carbocycles. The van der Waals surface area contributed by atoms with Gasteiger partial charge in [-0.25, -0.2) is 0 Å². The van der Waals surface area contributed by atoms with Crippen molar-refractivity contribution in [3.63, 3.8) is 0 Å². The second-order valence-electron chi connectivity index (χ2n) is 4.08. The monoisotopic (exact) mass is 211 g/mol. The van der Waals surface area contributed by atoms with E-state index in [1.807, 2.05) is 4.90 Å². The highest BCUT2D eigenvalue weighted by molar-refractivity contribution is 5.91. The zero-order chi connectivity index (χ0) is 11.3. The molecule has 0 aromatic heterocycles. The van der Waals surface area contributed by atoms with Gasteiger partial charge >= 0.3 is 0 Å². The maximum Gasteiger partial charge on any atom is 0.221 e. The van der Waals surface area contributed by atoms with E-state index in [1.165, 1.54) is 12.8 Å². The van der Waals surface area contributed by atoms with Crippen LogP contribution in [0.2, 0.25) is 0 Å². The number of nitrogens with two attached hydrogens (primary N) is 2. The number of piperidine rings is 1. The van der Waals surface area contributed by atoms with Crippen molar-refractivity contribution in [2.24, 2.45) is 22.4 Å². The Morgan fingerprint density at radius 2 is 2.00 bits per heavy atom. The summed E-state index contributed by atoms with van der Waals surface area (Å²) in [6, 6.07) is 0. The van der Waals surface area contributed by atoms with Crippen molar-refractivity contribution in [2.75, 3.05) is 13.1 Å². The highest BCUT2D eigenvalue weighted by Crippen LogP contribution is 2.21. The van der Waals surface area contributed by atoms with Crippen molar-refractivity contribution in [3.8, 4) is 0 Å². The summed E-state index contributed by atoms with van der Waals surface area (Å²) in [5.41, 5.74) is 10.5. The van der Waals surface area contributed by atoms with Gasteiger partial charge in [0.1, 0.15) is 0 Å². The Kier molecular flexibility index (Phi) is 4.39. The van der Waals surface area contributed by atoms with E-state index in [9.17, 15) is 0 Å². The van der Waals surface area contributed by atoms with Crippen LogP contribution in [0.1, 0.15) is 32.6 Å². The van der Waals surface area contributed by atoms with Gasteiger partial charge in [-0.05, 0) is 18.8 Å². The maximum atomic E-state index is 7.66. The number of guanidine groups is 2. The minimum absolute atomic E-state index is 0.0318. The Hall–Kier alpha value is -1.26. The first-order chi connectivity index (χ1) is 7.13. The Morgan fingerprint density at radius 1 is 1.40 bits per heavy atom. The van der Waals surface area contributed by atoms with Crippen LogP contribution in [-0.4, -0.2) is 29.9 Å². The fraction of sp³-hybridized carbons (Fsp3) is 0.800. The lowest BCUT2D eigenvalue weighted by molar-refractivity contribution is 0.252. The smallest absolute Gasteiger partial charge is 0.221 e. The molecule has 0 atom stereocenters. The normalized spacial score (nSPS) is 17.5. The number of likely N-dealkylation sites (tertiary alicyclic amines) is 1. The second-order valence-corrected chi connectivity index (χ2v) is 4.08. The molecule has 0 amide bonds. The fourth-order valence-corrected chi connectivity index (χ4v) is 2.03. The Morgan fingerprint density at radius 3 is 2.47 bits per heavy atom. The third-order valence-electron chi connectivity index (χ3n) is 2.85. The molecule has 0 bridgehead atoms. The van der Waals surface area contributed by atoms with E-state index in [1.54, 1.807) is 0 Å². The summed E-state index contributed by atoms with van der Waals surface area (Å²) in [6.07, 6.45) is 4.84. The number of hydrogen-bond donors (Lipinski definition) is 3. The van der Waals surface area contributed by atoms with Crippen molar-refractivity contribution in [1.82, 2.24) is 4.90 Å². The molecule has 1 saturated heterocycles. The van der Waals surface area contributed by atoms with E-state index in [-0.39, 0.29) is 11.9 Å². The van der Waals surface area contributed by atoms with Crippen LogP contribution in [0.15, 0.2) is 4.99 Å². The molecule has 1 fully saturated rings. The predicted octanol–water partition coefficient (Wildman–Crippen LogP) is 0.707. The molecule has 0 saturated carbocycles. The minimum Gasteiger partial charge on any atom is -0.370 e. The Balaban J connectivity index is 2.37. The van der Waals surface area contributed by atoms with Gasteiger partial charge in [0.05, 0.1) is 0 Å². The van der Waals surface area contributed by atoms with Gasteiger partial charge in [0, 0.05) is 13.1 Å². The largest absolute Gasteiger partial charge is 0.370 e. The SMILES string of the molecule is CCCC1CCN(C(=N)N=C(N)N)CC1. The molecule has 86 valence electrons. The number of nitrogens with zero attached hydrogens (tertiary/aromatic N) is 2. The summed E-state index contributed by atoms with van der Waals surface area (Å²) < 4.78 is 0. The first-order valence-corrected chi connectivity index (χ1v) is 5.56. The maximum absolute atomic E-state index is 7.66. The zero-order valence-corrected chi connectivity index (χ0v) is 9.37. The van der Waals surface area contributed by atoms with E-state index in [0.717, 1.165) is 31.8 Å². The minimum atomic E-state index is -0.0318. The summed E-state index contributed by atoms with van der Waals surface area (Å²) >= 11 is 0. The van der Waals surface area contributed by atoms with Gasteiger partial charge in [-0.2, -0.15) is 4.99 Å². The van der Waals surface area contributed by atoms with Crippen LogP contribution >= 0.6 is 0 Å².